The summed E-state index contributed by atoms with van der Waals surface area (Å²) >= 11 is 0. The van der Waals surface area contributed by atoms with Crippen LogP contribution >= 0.6 is 0 Å². The summed E-state index contributed by atoms with van der Waals surface area (Å²) in [6.07, 6.45) is 1.46. The second kappa shape index (κ2) is 7.08. The molecule has 22 heavy (non-hydrogen) atoms. The highest BCUT2D eigenvalue weighted by Gasteiger charge is 2.30. The molecule has 0 saturated carbocycles. The minimum Gasteiger partial charge on any atom is -0.496 e. The number of benzene rings is 1. The summed E-state index contributed by atoms with van der Waals surface area (Å²) in [5.41, 5.74) is -0.171. The van der Waals surface area contributed by atoms with E-state index >= 15 is 0 Å². The third-order valence-corrected chi connectivity index (χ3v) is 3.65. The van der Waals surface area contributed by atoms with Gasteiger partial charge in [-0.1, -0.05) is 0 Å². The van der Waals surface area contributed by atoms with Crippen molar-refractivity contribution in [1.82, 2.24) is 4.90 Å². The second-order valence-corrected chi connectivity index (χ2v) is 4.97. The third-order valence-electron chi connectivity index (χ3n) is 3.65. The lowest BCUT2D eigenvalue weighted by Gasteiger charge is -2.20. The van der Waals surface area contributed by atoms with Crippen LogP contribution < -0.4 is 9.47 Å². The predicted octanol–water partition coefficient (Wildman–Crippen LogP) is 1.53. The average Bonchev–Trinajstić information content (AvgIpc) is 2.96. The highest BCUT2D eigenvalue weighted by Crippen LogP contribution is 2.31. The van der Waals surface area contributed by atoms with Crippen LogP contribution in [0.2, 0.25) is 0 Å². The van der Waals surface area contributed by atoms with E-state index in [9.17, 15) is 14.9 Å². The van der Waals surface area contributed by atoms with Crippen molar-refractivity contribution < 1.29 is 24.3 Å². The molecule has 0 unspecified atom stereocenters. The molecule has 1 N–H and O–H groups in total. The molecular weight excluding hydrogens is 292 g/mol. The molecule has 2 rings (SSSR count). The monoisotopic (exact) mass is 310 g/mol. The zero-order valence-electron chi connectivity index (χ0n) is 12.2. The van der Waals surface area contributed by atoms with E-state index < -0.39 is 16.9 Å². The lowest BCUT2D eigenvalue weighted by Crippen LogP contribution is -2.38. The summed E-state index contributed by atoms with van der Waals surface area (Å²) in [7, 11) is 1.43. The van der Waals surface area contributed by atoms with Crippen LogP contribution in [0.3, 0.4) is 0 Å². The van der Waals surface area contributed by atoms with Crippen LogP contribution in [-0.2, 0) is 4.79 Å². The predicted molar refractivity (Wildman–Crippen MR) is 77.4 cm³/mol. The molecule has 0 spiro atoms. The third kappa shape index (κ3) is 3.64. The lowest BCUT2D eigenvalue weighted by atomic mass is 10.2. The van der Waals surface area contributed by atoms with Crippen LogP contribution in [0.1, 0.15) is 12.8 Å². The smallest absolute Gasteiger partial charge is 0.320 e. The van der Waals surface area contributed by atoms with Crippen LogP contribution in [0.4, 0.5) is 5.69 Å². The summed E-state index contributed by atoms with van der Waals surface area (Å²) in [6.45, 7) is 1.31. The first-order chi connectivity index (χ1) is 10.5. The maximum absolute atomic E-state index is 11.1. The number of nitrogens with zero attached hydrogens (tertiary/aromatic N) is 2. The maximum Gasteiger partial charge on any atom is 0.320 e. The number of hydrogen-bond acceptors (Lipinski definition) is 6. The molecule has 1 aliphatic rings. The quantitative estimate of drug-likeness (QED) is 0.602. The number of likely N-dealkylation sites (tertiary alicyclic amines) is 1. The van der Waals surface area contributed by atoms with Gasteiger partial charge in [-0.3, -0.25) is 19.8 Å². The molecule has 0 bridgehead atoms. The van der Waals surface area contributed by atoms with Crippen molar-refractivity contribution in [2.24, 2.45) is 0 Å². The van der Waals surface area contributed by atoms with Crippen molar-refractivity contribution in [2.75, 3.05) is 26.8 Å². The Kier molecular flexibility index (Phi) is 5.16. The van der Waals surface area contributed by atoms with Crippen LogP contribution in [0.15, 0.2) is 18.2 Å². The fourth-order valence-corrected chi connectivity index (χ4v) is 2.54. The minimum absolute atomic E-state index is 0.150. The first kappa shape index (κ1) is 16.0. The van der Waals surface area contributed by atoms with Gasteiger partial charge in [0.25, 0.3) is 0 Å². The fourth-order valence-electron chi connectivity index (χ4n) is 2.54. The van der Waals surface area contributed by atoms with E-state index in [1.54, 1.807) is 6.07 Å². The van der Waals surface area contributed by atoms with E-state index in [1.165, 1.54) is 19.2 Å². The molecule has 0 aliphatic carbocycles. The maximum atomic E-state index is 11.1. The van der Waals surface area contributed by atoms with Crippen molar-refractivity contribution in [3.63, 3.8) is 0 Å². The Bertz CT molecular complexity index is 562. The molecular formula is C14H18N2O6. The molecule has 8 heteroatoms. The number of carboxylic acid groups (broad SMARTS) is 1. The average molecular weight is 310 g/mol. The summed E-state index contributed by atoms with van der Waals surface area (Å²) in [5, 5.41) is 20.1. The van der Waals surface area contributed by atoms with Gasteiger partial charge in [0.05, 0.1) is 18.1 Å². The Balaban J connectivity index is 1.97. The topological polar surface area (TPSA) is 102 Å². The van der Waals surface area contributed by atoms with E-state index in [4.69, 9.17) is 14.6 Å². The van der Waals surface area contributed by atoms with Crippen LogP contribution in [0, 0.1) is 10.1 Å². The summed E-state index contributed by atoms with van der Waals surface area (Å²) in [5.74, 6) is -0.311. The number of carboxylic acids is 1. The summed E-state index contributed by atoms with van der Waals surface area (Å²) in [4.78, 5) is 23.4. The Morgan fingerprint density at radius 2 is 2.32 bits per heavy atom. The Labute approximate surface area is 127 Å². The van der Waals surface area contributed by atoms with Gasteiger partial charge in [0.1, 0.15) is 18.4 Å². The number of aliphatic carboxylic acids is 1. The molecule has 1 aromatic carbocycles. The Morgan fingerprint density at radius 1 is 1.55 bits per heavy atom. The van der Waals surface area contributed by atoms with Gasteiger partial charge in [0.15, 0.2) is 5.75 Å². The normalized spacial score (nSPS) is 18.1. The first-order valence-electron chi connectivity index (χ1n) is 6.95. The van der Waals surface area contributed by atoms with E-state index in [0.717, 1.165) is 6.42 Å². The van der Waals surface area contributed by atoms with Gasteiger partial charge in [0.2, 0.25) is 0 Å². The minimum atomic E-state index is -0.840. The molecule has 1 heterocycles. The molecule has 1 aliphatic heterocycles. The van der Waals surface area contributed by atoms with Gasteiger partial charge in [-0.05, 0) is 31.5 Å². The molecule has 1 saturated heterocycles. The number of nitro benzene ring substituents is 1. The molecule has 8 nitrogen and oxygen atoms in total. The number of rotatable bonds is 7. The van der Waals surface area contributed by atoms with Crippen LogP contribution in [0.5, 0.6) is 11.5 Å². The number of hydrogen-bond donors (Lipinski definition) is 1. The SMILES string of the molecule is COc1ccc(OCCN2CCC[C@H]2C(=O)O)c([N+](=O)[O-])c1. The van der Waals surface area contributed by atoms with Gasteiger partial charge >= 0.3 is 11.7 Å². The number of methoxy groups -OCH3 is 1. The van der Waals surface area contributed by atoms with Gasteiger partial charge in [-0.2, -0.15) is 0 Å². The number of carbonyl (C=O) groups is 1. The van der Waals surface area contributed by atoms with Gasteiger partial charge < -0.3 is 14.6 Å². The number of nitro groups is 1. The largest absolute Gasteiger partial charge is 0.496 e. The van der Waals surface area contributed by atoms with E-state index in [0.29, 0.717) is 25.3 Å². The molecule has 0 radical (unpaired) electrons. The lowest BCUT2D eigenvalue weighted by molar-refractivity contribution is -0.385. The van der Waals surface area contributed by atoms with E-state index in [-0.39, 0.29) is 18.0 Å². The fraction of sp³-hybridized carbons (Fsp3) is 0.500. The van der Waals surface area contributed by atoms with E-state index in [2.05, 4.69) is 0 Å². The van der Waals surface area contributed by atoms with Gasteiger partial charge in [0, 0.05) is 6.54 Å². The van der Waals surface area contributed by atoms with Crippen molar-refractivity contribution in [2.45, 2.75) is 18.9 Å². The second-order valence-electron chi connectivity index (χ2n) is 4.97. The molecule has 1 aromatic rings. The molecule has 1 fully saturated rings. The van der Waals surface area contributed by atoms with E-state index in [1.807, 2.05) is 4.90 Å². The molecule has 0 amide bonds. The van der Waals surface area contributed by atoms with Crippen LogP contribution in [0.25, 0.3) is 0 Å². The first-order valence-corrected chi connectivity index (χ1v) is 6.95. The van der Waals surface area contributed by atoms with Gasteiger partial charge in [-0.25, -0.2) is 0 Å². The summed E-state index contributed by atoms with van der Waals surface area (Å²) in [6, 6.07) is 3.87. The number of ether oxygens (including phenoxy) is 2. The van der Waals surface area contributed by atoms with Gasteiger partial charge in [-0.15, -0.1) is 0 Å². The van der Waals surface area contributed by atoms with Crippen molar-refractivity contribution in [3.05, 3.63) is 28.3 Å². The molecule has 120 valence electrons. The van der Waals surface area contributed by atoms with Crippen molar-refractivity contribution in [3.8, 4) is 11.5 Å². The molecule has 0 aromatic heterocycles. The Hall–Kier alpha value is -2.35. The Morgan fingerprint density at radius 3 is 2.95 bits per heavy atom. The zero-order valence-corrected chi connectivity index (χ0v) is 12.2. The molecule has 1 atom stereocenters. The van der Waals surface area contributed by atoms with Crippen molar-refractivity contribution >= 4 is 11.7 Å². The van der Waals surface area contributed by atoms with Crippen LogP contribution in [-0.4, -0.2) is 53.7 Å². The summed E-state index contributed by atoms with van der Waals surface area (Å²) < 4.78 is 10.4. The highest BCUT2D eigenvalue weighted by atomic mass is 16.6. The van der Waals surface area contributed by atoms with Crippen molar-refractivity contribution in [1.29, 1.82) is 0 Å². The standard InChI is InChI=1S/C14H18N2O6/c1-21-10-4-5-13(12(9-10)16(19)20)22-8-7-15-6-2-3-11(15)14(17)18/h4-5,9,11H,2-3,6-8H2,1H3,(H,17,18)/t11-/m0/s1. The highest BCUT2D eigenvalue weighted by molar-refractivity contribution is 5.73. The zero-order chi connectivity index (χ0) is 16.1.